The molecule has 8 nitrogen and oxygen atoms in total. The Balaban J connectivity index is 1.52. The third kappa shape index (κ3) is 4.96. The molecule has 0 atom stereocenters. The highest BCUT2D eigenvalue weighted by atomic mass is 32.2. The molecule has 2 aromatic carbocycles. The van der Waals surface area contributed by atoms with Crippen LogP contribution in [0.25, 0.3) is 0 Å². The minimum Gasteiger partial charge on any atom is -0.379 e. The topological polar surface area (TPSA) is 88.2 Å². The van der Waals surface area contributed by atoms with Gasteiger partial charge in [0.25, 0.3) is 5.91 Å². The zero-order valence-corrected chi connectivity index (χ0v) is 19.1. The van der Waals surface area contributed by atoms with E-state index in [1.807, 2.05) is 31.2 Å². The number of carbonyl (C=O) groups excluding carboxylic acids is 1. The second kappa shape index (κ2) is 9.99. The van der Waals surface area contributed by atoms with Crippen LogP contribution < -0.4 is 10.2 Å². The first-order valence-corrected chi connectivity index (χ1v) is 12.4. The highest BCUT2D eigenvalue weighted by Crippen LogP contribution is 2.25. The van der Waals surface area contributed by atoms with E-state index in [4.69, 9.17) is 9.47 Å². The summed E-state index contributed by atoms with van der Waals surface area (Å²) in [5.74, 6) is -0.342. The van der Waals surface area contributed by atoms with Crippen molar-refractivity contribution >= 4 is 27.3 Å². The van der Waals surface area contributed by atoms with Crippen LogP contribution in [0.3, 0.4) is 0 Å². The molecule has 0 saturated carbocycles. The summed E-state index contributed by atoms with van der Waals surface area (Å²) >= 11 is 0. The largest absolute Gasteiger partial charge is 0.379 e. The van der Waals surface area contributed by atoms with Crippen molar-refractivity contribution in [1.29, 1.82) is 0 Å². The molecule has 2 heterocycles. The van der Waals surface area contributed by atoms with Gasteiger partial charge in [-0.05, 0) is 48.4 Å². The predicted octanol–water partition coefficient (Wildman–Crippen LogP) is 2.36. The lowest BCUT2D eigenvalue weighted by atomic mass is 10.1. The van der Waals surface area contributed by atoms with Crippen molar-refractivity contribution in [2.45, 2.75) is 18.2 Å². The summed E-state index contributed by atoms with van der Waals surface area (Å²) in [5.41, 5.74) is 2.75. The molecule has 2 fully saturated rings. The van der Waals surface area contributed by atoms with Gasteiger partial charge in [-0.25, -0.2) is 8.42 Å². The van der Waals surface area contributed by atoms with Gasteiger partial charge in [0.1, 0.15) is 0 Å². The number of sulfonamides is 1. The first-order chi connectivity index (χ1) is 15.5. The zero-order chi connectivity index (χ0) is 22.6. The van der Waals surface area contributed by atoms with E-state index in [0.717, 1.165) is 18.8 Å². The van der Waals surface area contributed by atoms with E-state index in [0.29, 0.717) is 62.8 Å². The van der Waals surface area contributed by atoms with Crippen molar-refractivity contribution in [3.05, 3.63) is 53.6 Å². The van der Waals surface area contributed by atoms with Gasteiger partial charge < -0.3 is 19.7 Å². The minimum absolute atomic E-state index is 0.192. The average molecular weight is 460 g/mol. The Labute approximate surface area is 189 Å². The van der Waals surface area contributed by atoms with Crippen LogP contribution in [0.4, 0.5) is 11.4 Å². The lowest BCUT2D eigenvalue weighted by Crippen LogP contribution is -2.41. The second-order valence-corrected chi connectivity index (χ2v) is 9.70. The molecule has 32 heavy (non-hydrogen) atoms. The monoisotopic (exact) mass is 459 g/mol. The number of rotatable bonds is 6. The van der Waals surface area contributed by atoms with Crippen molar-refractivity contribution in [3.63, 3.8) is 0 Å². The summed E-state index contributed by atoms with van der Waals surface area (Å²) in [6.45, 7) is 6.40. The molecule has 4 rings (SSSR count). The molecule has 0 aliphatic carbocycles. The van der Waals surface area contributed by atoms with E-state index in [9.17, 15) is 13.2 Å². The molecule has 0 unspecified atom stereocenters. The summed E-state index contributed by atoms with van der Waals surface area (Å²) in [5, 5.41) is 2.87. The number of hydrogen-bond acceptors (Lipinski definition) is 6. The number of nitrogens with one attached hydrogen (secondary N) is 1. The Kier molecular flexibility index (Phi) is 7.10. The predicted molar refractivity (Wildman–Crippen MR) is 123 cm³/mol. The second-order valence-electron chi connectivity index (χ2n) is 7.79. The van der Waals surface area contributed by atoms with Crippen LogP contribution in [0.1, 0.15) is 22.8 Å². The van der Waals surface area contributed by atoms with Gasteiger partial charge in [0.05, 0.1) is 31.3 Å². The van der Waals surface area contributed by atoms with Gasteiger partial charge in [0, 0.05) is 43.1 Å². The molecule has 0 aromatic heterocycles. The molecule has 0 bridgehead atoms. The Morgan fingerprint density at radius 2 is 1.56 bits per heavy atom. The number of nitrogens with zero attached hydrogens (tertiary/aromatic N) is 2. The Morgan fingerprint density at radius 3 is 2.19 bits per heavy atom. The summed E-state index contributed by atoms with van der Waals surface area (Å²) in [7, 11) is -3.69. The maximum absolute atomic E-state index is 13.2. The van der Waals surface area contributed by atoms with Crippen LogP contribution in [0.2, 0.25) is 0 Å². The van der Waals surface area contributed by atoms with E-state index in [2.05, 4.69) is 10.2 Å². The molecule has 2 saturated heterocycles. The number of aryl methyl sites for hydroxylation is 1. The number of anilines is 2. The Hall–Kier alpha value is -2.46. The van der Waals surface area contributed by atoms with Crippen LogP contribution in [-0.4, -0.2) is 71.2 Å². The highest BCUT2D eigenvalue weighted by Gasteiger charge is 2.29. The summed E-state index contributed by atoms with van der Waals surface area (Å²) in [6, 6.07) is 12.5. The highest BCUT2D eigenvalue weighted by molar-refractivity contribution is 7.89. The van der Waals surface area contributed by atoms with Crippen molar-refractivity contribution in [2.75, 3.05) is 62.8 Å². The van der Waals surface area contributed by atoms with E-state index in [1.54, 1.807) is 12.1 Å². The van der Waals surface area contributed by atoms with Crippen LogP contribution >= 0.6 is 0 Å². The quantitative estimate of drug-likeness (QED) is 0.714. The fourth-order valence-corrected chi connectivity index (χ4v) is 5.66. The van der Waals surface area contributed by atoms with Gasteiger partial charge in [0.15, 0.2) is 0 Å². The lowest BCUT2D eigenvalue weighted by molar-refractivity contribution is 0.0730. The van der Waals surface area contributed by atoms with Crippen molar-refractivity contribution in [1.82, 2.24) is 4.31 Å². The number of amides is 1. The number of carbonyl (C=O) groups is 1. The molecule has 9 heteroatoms. The normalized spacial score (nSPS) is 17.8. The van der Waals surface area contributed by atoms with E-state index < -0.39 is 10.0 Å². The third-order valence-electron chi connectivity index (χ3n) is 5.80. The summed E-state index contributed by atoms with van der Waals surface area (Å²) in [6.07, 6.45) is 0.559. The Bertz CT molecular complexity index is 1040. The van der Waals surface area contributed by atoms with Crippen molar-refractivity contribution in [2.24, 2.45) is 0 Å². The van der Waals surface area contributed by atoms with Gasteiger partial charge in [-0.3, -0.25) is 4.79 Å². The van der Waals surface area contributed by atoms with Gasteiger partial charge in [0.2, 0.25) is 10.0 Å². The molecule has 2 aromatic rings. The van der Waals surface area contributed by atoms with Crippen LogP contribution in [0.15, 0.2) is 47.4 Å². The van der Waals surface area contributed by atoms with Crippen molar-refractivity contribution < 1.29 is 22.7 Å². The molecule has 172 valence electrons. The van der Waals surface area contributed by atoms with Crippen LogP contribution in [-0.2, 0) is 25.9 Å². The summed E-state index contributed by atoms with van der Waals surface area (Å²) < 4.78 is 38.5. The molecule has 1 N–H and O–H groups in total. The number of morpholine rings is 2. The molecule has 0 radical (unpaired) electrons. The number of benzene rings is 2. The van der Waals surface area contributed by atoms with Crippen LogP contribution in [0.5, 0.6) is 0 Å². The first-order valence-electron chi connectivity index (χ1n) is 10.9. The molecule has 2 aliphatic rings. The van der Waals surface area contributed by atoms with Crippen molar-refractivity contribution in [3.8, 4) is 0 Å². The maximum atomic E-state index is 13.2. The van der Waals surface area contributed by atoms with E-state index in [1.165, 1.54) is 10.4 Å². The molecule has 1 amide bonds. The van der Waals surface area contributed by atoms with Crippen LogP contribution in [0, 0.1) is 0 Å². The molecule has 0 spiro atoms. The van der Waals surface area contributed by atoms with E-state index in [-0.39, 0.29) is 10.8 Å². The van der Waals surface area contributed by atoms with Gasteiger partial charge >= 0.3 is 0 Å². The van der Waals surface area contributed by atoms with E-state index >= 15 is 0 Å². The summed E-state index contributed by atoms with van der Waals surface area (Å²) in [4.78, 5) is 15.3. The van der Waals surface area contributed by atoms with Gasteiger partial charge in [-0.1, -0.05) is 13.0 Å². The maximum Gasteiger partial charge on any atom is 0.255 e. The fraction of sp³-hybridized carbons (Fsp3) is 0.435. The minimum atomic E-state index is -3.69. The number of ether oxygens (including phenoxy) is 2. The lowest BCUT2D eigenvalue weighted by Gasteiger charge is -2.28. The fourth-order valence-electron chi connectivity index (χ4n) is 3.93. The molecular weight excluding hydrogens is 430 g/mol. The smallest absolute Gasteiger partial charge is 0.255 e. The standard InChI is InChI=1S/C23H29N3O5S/c1-2-18-3-4-19(17-22(18)32(28,29)26-11-15-31-16-12-26)23(27)24-20-5-7-21(8-6-20)25-9-13-30-14-10-25/h3-8,17H,2,9-16H2,1H3,(H,24,27). The SMILES string of the molecule is CCc1ccc(C(=O)Nc2ccc(N3CCOCC3)cc2)cc1S(=O)(=O)N1CCOCC1. The molecule has 2 aliphatic heterocycles. The first kappa shape index (κ1) is 22.7. The van der Waals surface area contributed by atoms with Gasteiger partial charge in [-0.15, -0.1) is 0 Å². The molecular formula is C23H29N3O5S. The number of hydrogen-bond donors (Lipinski definition) is 1. The average Bonchev–Trinajstić information content (AvgIpc) is 2.85. The third-order valence-corrected chi connectivity index (χ3v) is 7.78. The Morgan fingerprint density at radius 1 is 0.938 bits per heavy atom. The van der Waals surface area contributed by atoms with Gasteiger partial charge in [-0.2, -0.15) is 4.31 Å². The zero-order valence-electron chi connectivity index (χ0n) is 18.2.